The zero-order chi connectivity index (χ0) is 49.7. The highest BCUT2D eigenvalue weighted by Gasteiger charge is 2.32. The van der Waals surface area contributed by atoms with Crippen LogP contribution in [0.2, 0.25) is 0 Å². The summed E-state index contributed by atoms with van der Waals surface area (Å²) in [6.45, 7) is 11.4. The molecule has 3 saturated heterocycles. The fourth-order valence-corrected chi connectivity index (χ4v) is 9.70. The second-order valence-corrected chi connectivity index (χ2v) is 20.0. The number of H-pyrrole nitrogens is 1. The summed E-state index contributed by atoms with van der Waals surface area (Å²) in [5.41, 5.74) is -3.46. The Balaban J connectivity index is 0.789. The molecule has 0 bridgehead atoms. The molecular formula is C50H55F4N9O6S. The molecule has 0 saturated carbocycles. The molecule has 0 spiro atoms. The SMILES string of the molecule is CC(C)(C)OC(=O)Nc1cc(-c2cccc(SC(F)(F)F)c2)cnc1C(=O)N1CCC(CN2CCN(CC(=O)N3CCN(C(=O)c4cc(Cc5n[nH]c(=O)c6ccccc56)ccc4F)CC3)CC2)CC1. The number of anilines is 1. The Hall–Kier alpha value is -6.38. The number of likely N-dealkylation sites (tertiary alicyclic amines) is 1. The fraction of sp³-hybridized carbons (Fsp3) is 0.420. The number of carbonyl (C=O) groups excluding carboxylic acids is 4. The van der Waals surface area contributed by atoms with Gasteiger partial charge in [0.15, 0.2) is 5.69 Å². The summed E-state index contributed by atoms with van der Waals surface area (Å²) in [6, 6.07) is 18.9. The Morgan fingerprint density at radius 1 is 0.771 bits per heavy atom. The molecule has 15 nitrogen and oxygen atoms in total. The molecule has 3 aliphatic heterocycles. The van der Waals surface area contributed by atoms with E-state index in [1.807, 2.05) is 6.07 Å². The van der Waals surface area contributed by atoms with Crippen LogP contribution in [0, 0.1) is 11.7 Å². The van der Waals surface area contributed by atoms with Gasteiger partial charge in [-0.25, -0.2) is 19.3 Å². The number of aromatic nitrogens is 3. The number of carbonyl (C=O) groups is 4. The van der Waals surface area contributed by atoms with Gasteiger partial charge in [0.25, 0.3) is 17.4 Å². The average molecular weight is 986 g/mol. The van der Waals surface area contributed by atoms with E-state index in [0.717, 1.165) is 32.5 Å². The van der Waals surface area contributed by atoms with E-state index in [1.54, 1.807) is 65.8 Å². The number of fused-ring (bicyclic) bond motifs is 1. The molecule has 2 aromatic heterocycles. The molecule has 70 heavy (non-hydrogen) atoms. The van der Waals surface area contributed by atoms with Crippen molar-refractivity contribution in [2.45, 2.75) is 56.0 Å². The van der Waals surface area contributed by atoms with Crippen LogP contribution in [0.3, 0.4) is 0 Å². The number of amides is 4. The summed E-state index contributed by atoms with van der Waals surface area (Å²) < 4.78 is 59.9. The molecule has 5 heterocycles. The van der Waals surface area contributed by atoms with Crippen molar-refractivity contribution < 1.29 is 41.5 Å². The predicted molar refractivity (Wildman–Crippen MR) is 257 cm³/mol. The number of halogens is 4. The number of aromatic amines is 1. The standard InChI is InChI=1S/C50H55F4N9O6S/c1-49(2,3)69-48(68)56-42-28-35(34-7-6-8-36(27-34)70-50(52,53)54)29-55-44(42)47(67)62-15-13-32(14-16-62)30-59-17-19-60(20-18-59)31-43(64)61-21-23-63(24-22-61)46(66)39-25-33(11-12-40(39)51)26-41-37-9-4-5-10-38(37)45(65)58-57-41/h4-12,25,27-29,32H,13-24,26,30-31H2,1-3H3,(H,56,68)(H,58,65). The summed E-state index contributed by atoms with van der Waals surface area (Å²) in [5, 5.41) is 10.6. The van der Waals surface area contributed by atoms with Crippen molar-refractivity contribution in [3.63, 3.8) is 0 Å². The number of ether oxygens (including phenoxy) is 1. The Morgan fingerprint density at radius 3 is 2.14 bits per heavy atom. The highest BCUT2D eigenvalue weighted by Crippen LogP contribution is 2.38. The Bertz CT molecular complexity index is 2800. The lowest BCUT2D eigenvalue weighted by Gasteiger charge is -2.40. The van der Waals surface area contributed by atoms with Gasteiger partial charge >= 0.3 is 11.6 Å². The predicted octanol–water partition coefficient (Wildman–Crippen LogP) is 7.13. The number of pyridine rings is 1. The minimum Gasteiger partial charge on any atom is -0.444 e. The first-order chi connectivity index (χ1) is 33.4. The van der Waals surface area contributed by atoms with Gasteiger partial charge in [-0.05, 0) is 98.8 Å². The van der Waals surface area contributed by atoms with E-state index >= 15 is 4.39 Å². The summed E-state index contributed by atoms with van der Waals surface area (Å²) in [6.07, 6.45) is 2.40. The van der Waals surface area contributed by atoms with Gasteiger partial charge in [0.05, 0.1) is 28.9 Å². The van der Waals surface area contributed by atoms with Gasteiger partial charge < -0.3 is 24.3 Å². The number of thioether (sulfide) groups is 1. The molecule has 0 unspecified atom stereocenters. The molecule has 3 fully saturated rings. The lowest BCUT2D eigenvalue weighted by Crippen LogP contribution is -2.55. The highest BCUT2D eigenvalue weighted by atomic mass is 32.2. The Kier molecular flexibility index (Phi) is 15.2. The number of benzene rings is 3. The molecule has 0 radical (unpaired) electrons. The second kappa shape index (κ2) is 21.3. The van der Waals surface area contributed by atoms with E-state index in [1.165, 1.54) is 42.6 Å². The quantitative estimate of drug-likeness (QED) is 0.102. The fourth-order valence-electron chi connectivity index (χ4n) is 9.10. The van der Waals surface area contributed by atoms with Gasteiger partial charge in [0.1, 0.15) is 11.4 Å². The third kappa shape index (κ3) is 12.7. The monoisotopic (exact) mass is 985 g/mol. The molecule has 4 amide bonds. The molecule has 3 aliphatic rings. The van der Waals surface area contributed by atoms with Gasteiger partial charge in [-0.2, -0.15) is 18.3 Å². The van der Waals surface area contributed by atoms with Crippen LogP contribution >= 0.6 is 11.8 Å². The molecule has 370 valence electrons. The van der Waals surface area contributed by atoms with Crippen molar-refractivity contribution in [3.05, 3.63) is 118 Å². The molecule has 0 atom stereocenters. The first-order valence-electron chi connectivity index (χ1n) is 23.3. The van der Waals surface area contributed by atoms with E-state index in [0.29, 0.717) is 78.3 Å². The minimum atomic E-state index is -4.47. The van der Waals surface area contributed by atoms with Crippen LogP contribution in [-0.4, -0.2) is 153 Å². The number of piperidine rings is 1. The number of nitrogens with zero attached hydrogens (tertiary/aromatic N) is 7. The molecule has 20 heteroatoms. The lowest BCUT2D eigenvalue weighted by atomic mass is 9.95. The second-order valence-electron chi connectivity index (χ2n) is 18.8. The van der Waals surface area contributed by atoms with E-state index in [4.69, 9.17) is 4.74 Å². The van der Waals surface area contributed by atoms with Crippen molar-refractivity contribution >= 4 is 52.0 Å². The summed E-state index contributed by atoms with van der Waals surface area (Å²) in [7, 11) is 0. The maximum atomic E-state index is 15.1. The van der Waals surface area contributed by atoms with Crippen LogP contribution in [0.5, 0.6) is 0 Å². The third-order valence-corrected chi connectivity index (χ3v) is 13.4. The number of hydrogen-bond acceptors (Lipinski definition) is 11. The molecule has 0 aliphatic carbocycles. The molecule has 3 aromatic carbocycles. The normalized spacial score (nSPS) is 16.6. The Morgan fingerprint density at radius 2 is 1.44 bits per heavy atom. The maximum absolute atomic E-state index is 15.1. The van der Waals surface area contributed by atoms with E-state index in [9.17, 15) is 37.1 Å². The third-order valence-electron chi connectivity index (χ3n) is 12.7. The van der Waals surface area contributed by atoms with E-state index < -0.39 is 28.9 Å². The lowest BCUT2D eigenvalue weighted by molar-refractivity contribution is -0.134. The van der Waals surface area contributed by atoms with Crippen LogP contribution in [0.4, 0.5) is 28.0 Å². The average Bonchev–Trinajstić information content (AvgIpc) is 3.32. The largest absolute Gasteiger partial charge is 0.446 e. The number of hydrogen-bond donors (Lipinski definition) is 2. The summed E-state index contributed by atoms with van der Waals surface area (Å²) in [4.78, 5) is 80.1. The van der Waals surface area contributed by atoms with Crippen LogP contribution in [0.15, 0.2) is 88.7 Å². The van der Waals surface area contributed by atoms with Crippen LogP contribution < -0.4 is 10.9 Å². The number of alkyl halides is 3. The zero-order valence-corrected chi connectivity index (χ0v) is 40.0. The van der Waals surface area contributed by atoms with Crippen molar-refractivity contribution in [1.29, 1.82) is 0 Å². The first kappa shape index (κ1) is 50.0. The molecular weight excluding hydrogens is 931 g/mol. The van der Waals surface area contributed by atoms with Crippen molar-refractivity contribution in [1.82, 2.24) is 39.7 Å². The summed E-state index contributed by atoms with van der Waals surface area (Å²) in [5.74, 6) is -1.15. The van der Waals surface area contributed by atoms with Gasteiger partial charge in [-0.15, -0.1) is 0 Å². The smallest absolute Gasteiger partial charge is 0.444 e. The molecule has 8 rings (SSSR count). The maximum Gasteiger partial charge on any atom is 0.446 e. The van der Waals surface area contributed by atoms with Gasteiger partial charge in [-0.3, -0.25) is 29.4 Å². The number of rotatable bonds is 11. The van der Waals surface area contributed by atoms with Crippen molar-refractivity contribution in [3.8, 4) is 11.1 Å². The van der Waals surface area contributed by atoms with E-state index in [-0.39, 0.29) is 77.0 Å². The van der Waals surface area contributed by atoms with Gasteiger partial charge in [0.2, 0.25) is 5.91 Å². The number of nitrogens with one attached hydrogen (secondary N) is 2. The summed E-state index contributed by atoms with van der Waals surface area (Å²) >= 11 is -0.236. The first-order valence-corrected chi connectivity index (χ1v) is 24.1. The van der Waals surface area contributed by atoms with Crippen LogP contribution in [0.25, 0.3) is 21.9 Å². The molecule has 2 N–H and O–H groups in total. The highest BCUT2D eigenvalue weighted by molar-refractivity contribution is 8.00. The van der Waals surface area contributed by atoms with Gasteiger partial charge in [0, 0.05) is 100 Å². The van der Waals surface area contributed by atoms with Crippen LogP contribution in [-0.2, 0) is 16.0 Å². The molecule has 5 aromatic rings. The van der Waals surface area contributed by atoms with Crippen molar-refractivity contribution in [2.24, 2.45) is 5.92 Å². The van der Waals surface area contributed by atoms with Crippen LogP contribution in [0.1, 0.15) is 65.7 Å². The van der Waals surface area contributed by atoms with Crippen molar-refractivity contribution in [2.75, 3.05) is 83.9 Å². The van der Waals surface area contributed by atoms with Gasteiger partial charge in [-0.1, -0.05) is 36.4 Å². The van der Waals surface area contributed by atoms with E-state index in [2.05, 4.69) is 30.3 Å². The topological polar surface area (TPSA) is 164 Å². The number of piperazine rings is 2. The zero-order valence-electron chi connectivity index (χ0n) is 39.2. The Labute approximate surface area is 406 Å². The minimum absolute atomic E-state index is 0.000274.